The molecule has 1 spiro atoms. The molecule has 0 bridgehead atoms. The highest BCUT2D eigenvalue weighted by Crippen LogP contribution is 2.43. The molecular formula is C12H22N2S2. The van der Waals surface area contributed by atoms with Gasteiger partial charge < -0.3 is 5.32 Å². The Bertz CT molecular complexity index is 260. The van der Waals surface area contributed by atoms with Crippen LogP contribution in [0, 0.1) is 5.41 Å². The van der Waals surface area contributed by atoms with Crippen molar-refractivity contribution in [2.24, 2.45) is 10.4 Å². The number of aliphatic imine (C=N–C) groups is 1. The van der Waals surface area contributed by atoms with E-state index in [1.54, 1.807) is 0 Å². The average molecular weight is 258 g/mol. The molecular weight excluding hydrogens is 236 g/mol. The molecule has 4 heteroatoms. The summed E-state index contributed by atoms with van der Waals surface area (Å²) in [6, 6.07) is 0.541. The SMILES string of the molecule is CSCC(C)NC1=NCC2(CCCC2)CS1. The monoisotopic (exact) mass is 258 g/mol. The fourth-order valence-electron chi connectivity index (χ4n) is 2.57. The zero-order valence-corrected chi connectivity index (χ0v) is 11.9. The van der Waals surface area contributed by atoms with Crippen LogP contribution < -0.4 is 5.32 Å². The lowest BCUT2D eigenvalue weighted by Crippen LogP contribution is -2.38. The fraction of sp³-hybridized carbons (Fsp3) is 0.917. The first-order valence-electron chi connectivity index (χ1n) is 6.17. The summed E-state index contributed by atoms with van der Waals surface area (Å²) in [5.41, 5.74) is 0.568. The Morgan fingerprint density at radius 1 is 1.50 bits per heavy atom. The molecule has 0 aromatic carbocycles. The van der Waals surface area contributed by atoms with Gasteiger partial charge in [-0.15, -0.1) is 0 Å². The first-order chi connectivity index (χ1) is 7.74. The van der Waals surface area contributed by atoms with Crippen molar-refractivity contribution in [2.45, 2.75) is 38.6 Å². The van der Waals surface area contributed by atoms with Crippen molar-refractivity contribution in [3.63, 3.8) is 0 Å². The zero-order chi connectivity index (χ0) is 11.4. The van der Waals surface area contributed by atoms with E-state index < -0.39 is 0 Å². The summed E-state index contributed by atoms with van der Waals surface area (Å²) in [6.45, 7) is 3.30. The van der Waals surface area contributed by atoms with Crippen molar-refractivity contribution in [2.75, 3.05) is 24.3 Å². The molecule has 1 unspecified atom stereocenters. The maximum Gasteiger partial charge on any atom is 0.156 e. The fourth-order valence-corrected chi connectivity index (χ4v) is 4.42. The number of thioether (sulfide) groups is 2. The highest BCUT2D eigenvalue weighted by atomic mass is 32.2. The second-order valence-electron chi connectivity index (χ2n) is 5.12. The summed E-state index contributed by atoms with van der Waals surface area (Å²) < 4.78 is 0. The Balaban J connectivity index is 1.83. The third kappa shape index (κ3) is 3.10. The van der Waals surface area contributed by atoms with Gasteiger partial charge in [0.15, 0.2) is 5.17 Å². The average Bonchev–Trinajstić information content (AvgIpc) is 2.71. The summed E-state index contributed by atoms with van der Waals surface area (Å²) in [6.07, 6.45) is 7.79. The van der Waals surface area contributed by atoms with Gasteiger partial charge in [0.05, 0.1) is 0 Å². The van der Waals surface area contributed by atoms with Crippen molar-refractivity contribution >= 4 is 28.7 Å². The Labute approximate surface area is 107 Å². The molecule has 2 nitrogen and oxygen atoms in total. The van der Waals surface area contributed by atoms with E-state index in [2.05, 4.69) is 18.5 Å². The molecule has 0 aromatic rings. The summed E-state index contributed by atoms with van der Waals surface area (Å²) in [7, 11) is 0. The highest BCUT2D eigenvalue weighted by molar-refractivity contribution is 8.13. The third-order valence-corrected chi connectivity index (χ3v) is 5.63. The van der Waals surface area contributed by atoms with E-state index in [0.717, 1.165) is 12.3 Å². The predicted molar refractivity (Wildman–Crippen MR) is 76.6 cm³/mol. The highest BCUT2D eigenvalue weighted by Gasteiger charge is 2.36. The molecule has 1 atom stereocenters. The lowest BCUT2D eigenvalue weighted by molar-refractivity contribution is 0.358. The minimum absolute atomic E-state index is 0.541. The van der Waals surface area contributed by atoms with Crippen LogP contribution in [0.15, 0.2) is 4.99 Å². The van der Waals surface area contributed by atoms with Crippen LogP contribution >= 0.6 is 23.5 Å². The van der Waals surface area contributed by atoms with Crippen LogP contribution in [-0.4, -0.2) is 35.5 Å². The van der Waals surface area contributed by atoms with Gasteiger partial charge in [-0.1, -0.05) is 24.6 Å². The van der Waals surface area contributed by atoms with Crippen molar-refractivity contribution in [1.29, 1.82) is 0 Å². The van der Waals surface area contributed by atoms with Gasteiger partial charge in [0, 0.05) is 24.1 Å². The van der Waals surface area contributed by atoms with Crippen LogP contribution in [0.5, 0.6) is 0 Å². The smallest absolute Gasteiger partial charge is 0.156 e. The van der Waals surface area contributed by atoms with E-state index in [-0.39, 0.29) is 0 Å². The number of hydrogen-bond donors (Lipinski definition) is 1. The molecule has 2 rings (SSSR count). The van der Waals surface area contributed by atoms with Crippen molar-refractivity contribution < 1.29 is 0 Å². The molecule has 16 heavy (non-hydrogen) atoms. The van der Waals surface area contributed by atoms with Gasteiger partial charge in [0.25, 0.3) is 0 Å². The van der Waals surface area contributed by atoms with Crippen molar-refractivity contribution in [1.82, 2.24) is 5.32 Å². The minimum Gasteiger partial charge on any atom is -0.362 e. The lowest BCUT2D eigenvalue weighted by Gasteiger charge is -2.31. The molecule has 0 aromatic heterocycles. The van der Waals surface area contributed by atoms with E-state index >= 15 is 0 Å². The Morgan fingerprint density at radius 3 is 2.81 bits per heavy atom. The van der Waals surface area contributed by atoms with Crippen LogP contribution in [-0.2, 0) is 0 Å². The molecule has 1 aliphatic carbocycles. The number of nitrogens with one attached hydrogen (secondary N) is 1. The van der Waals surface area contributed by atoms with Gasteiger partial charge >= 0.3 is 0 Å². The number of nitrogens with zero attached hydrogens (tertiary/aromatic N) is 1. The maximum absolute atomic E-state index is 4.75. The molecule has 1 N–H and O–H groups in total. The first kappa shape index (κ1) is 12.6. The number of amidine groups is 1. The van der Waals surface area contributed by atoms with Crippen LogP contribution in [0.2, 0.25) is 0 Å². The van der Waals surface area contributed by atoms with Gasteiger partial charge in [0.1, 0.15) is 0 Å². The Hall–Kier alpha value is 0.170. The van der Waals surface area contributed by atoms with Crippen LogP contribution in [0.25, 0.3) is 0 Å². The molecule has 2 aliphatic rings. The van der Waals surface area contributed by atoms with E-state index in [1.807, 2.05) is 23.5 Å². The predicted octanol–water partition coefficient (Wildman–Crippen LogP) is 2.99. The van der Waals surface area contributed by atoms with Gasteiger partial charge in [-0.05, 0) is 31.4 Å². The van der Waals surface area contributed by atoms with Gasteiger partial charge in [-0.2, -0.15) is 11.8 Å². The molecule has 1 aliphatic heterocycles. The Morgan fingerprint density at radius 2 is 2.25 bits per heavy atom. The Kier molecular flexibility index (Phi) is 4.48. The van der Waals surface area contributed by atoms with Crippen molar-refractivity contribution in [3.8, 4) is 0 Å². The maximum atomic E-state index is 4.75. The van der Waals surface area contributed by atoms with E-state index in [1.165, 1.54) is 36.6 Å². The van der Waals surface area contributed by atoms with Crippen LogP contribution in [0.1, 0.15) is 32.6 Å². The number of hydrogen-bond acceptors (Lipinski definition) is 4. The van der Waals surface area contributed by atoms with Crippen LogP contribution in [0.3, 0.4) is 0 Å². The van der Waals surface area contributed by atoms with Crippen LogP contribution in [0.4, 0.5) is 0 Å². The first-order valence-corrected chi connectivity index (χ1v) is 8.55. The quantitative estimate of drug-likeness (QED) is 0.842. The second-order valence-corrected chi connectivity index (χ2v) is 6.99. The van der Waals surface area contributed by atoms with E-state index in [0.29, 0.717) is 11.5 Å². The van der Waals surface area contributed by atoms with E-state index in [4.69, 9.17) is 4.99 Å². The van der Waals surface area contributed by atoms with E-state index in [9.17, 15) is 0 Å². The molecule has 0 radical (unpaired) electrons. The van der Waals surface area contributed by atoms with Gasteiger partial charge in [-0.25, -0.2) is 0 Å². The molecule has 92 valence electrons. The molecule has 1 heterocycles. The standard InChI is InChI=1S/C12H22N2S2/c1-10(7-15-2)14-11-13-8-12(9-16-11)5-3-4-6-12/h10H,3-9H2,1-2H3,(H,13,14). The number of rotatable bonds is 3. The molecule has 1 saturated carbocycles. The molecule has 0 saturated heterocycles. The summed E-state index contributed by atoms with van der Waals surface area (Å²) in [5, 5.41) is 4.70. The third-order valence-electron chi connectivity index (χ3n) is 3.52. The largest absolute Gasteiger partial charge is 0.362 e. The lowest BCUT2D eigenvalue weighted by atomic mass is 9.89. The zero-order valence-electron chi connectivity index (χ0n) is 10.3. The topological polar surface area (TPSA) is 24.4 Å². The minimum atomic E-state index is 0.541. The van der Waals surface area contributed by atoms with Gasteiger partial charge in [-0.3, -0.25) is 4.99 Å². The molecule has 1 fully saturated rings. The van der Waals surface area contributed by atoms with Gasteiger partial charge in [0.2, 0.25) is 0 Å². The summed E-state index contributed by atoms with van der Waals surface area (Å²) >= 11 is 3.83. The van der Waals surface area contributed by atoms with Crippen molar-refractivity contribution in [3.05, 3.63) is 0 Å². The second kappa shape index (κ2) is 5.67. The molecule has 0 amide bonds. The summed E-state index contributed by atoms with van der Waals surface area (Å²) in [4.78, 5) is 4.75. The normalized spacial score (nSPS) is 25.5. The summed E-state index contributed by atoms with van der Waals surface area (Å²) in [5.74, 6) is 2.44.